The highest BCUT2D eigenvalue weighted by molar-refractivity contribution is 7.92. The molecule has 0 amide bonds. The van der Waals surface area contributed by atoms with Gasteiger partial charge in [0.1, 0.15) is 5.01 Å². The molecule has 0 saturated carbocycles. The molecule has 0 aliphatic heterocycles. The summed E-state index contributed by atoms with van der Waals surface area (Å²) in [5.41, 5.74) is 2.46. The van der Waals surface area contributed by atoms with Crippen molar-refractivity contribution < 1.29 is 17.9 Å². The molecule has 0 radical (unpaired) electrons. The number of methoxy groups -OCH3 is 1. The SMILES string of the molecule is CCN(c1nc(-c2ccc(Cl)cc2)sc1C)S(=O)(=O)c1cc(C)c(C)c(C(=O)OC)c1. The Morgan fingerprint density at radius 2 is 1.81 bits per heavy atom. The minimum atomic E-state index is -3.96. The highest BCUT2D eigenvalue weighted by Crippen LogP contribution is 2.35. The second-order valence-electron chi connectivity index (χ2n) is 6.98. The van der Waals surface area contributed by atoms with Gasteiger partial charge in [0.05, 0.1) is 17.6 Å². The van der Waals surface area contributed by atoms with E-state index in [0.717, 1.165) is 10.4 Å². The number of benzene rings is 2. The molecule has 3 rings (SSSR count). The minimum Gasteiger partial charge on any atom is -0.465 e. The van der Waals surface area contributed by atoms with Crippen molar-refractivity contribution in [3.63, 3.8) is 0 Å². The number of carbonyl (C=O) groups excluding carboxylic acids is 1. The van der Waals surface area contributed by atoms with Gasteiger partial charge in [-0.2, -0.15) is 0 Å². The zero-order chi connectivity index (χ0) is 22.9. The summed E-state index contributed by atoms with van der Waals surface area (Å²) in [4.78, 5) is 17.6. The monoisotopic (exact) mass is 478 g/mol. The van der Waals surface area contributed by atoms with Gasteiger partial charge in [-0.05, 0) is 63.1 Å². The number of hydrogen-bond acceptors (Lipinski definition) is 6. The second kappa shape index (κ2) is 8.98. The van der Waals surface area contributed by atoms with Gasteiger partial charge in [-0.3, -0.25) is 0 Å². The lowest BCUT2D eigenvalue weighted by atomic mass is 10.0. The van der Waals surface area contributed by atoms with Crippen LogP contribution in [-0.2, 0) is 14.8 Å². The van der Waals surface area contributed by atoms with Crippen LogP contribution in [0.3, 0.4) is 0 Å². The molecular weight excluding hydrogens is 456 g/mol. The third-order valence-corrected chi connectivity index (χ3v) is 8.12. The van der Waals surface area contributed by atoms with Gasteiger partial charge in [0.25, 0.3) is 10.0 Å². The predicted molar refractivity (Wildman–Crippen MR) is 125 cm³/mol. The molecule has 1 heterocycles. The van der Waals surface area contributed by atoms with Gasteiger partial charge >= 0.3 is 5.97 Å². The number of aryl methyl sites for hydroxylation is 2. The van der Waals surface area contributed by atoms with E-state index in [4.69, 9.17) is 16.3 Å². The number of thiazole rings is 1. The molecule has 6 nitrogen and oxygen atoms in total. The van der Waals surface area contributed by atoms with Crippen LogP contribution in [0, 0.1) is 20.8 Å². The fraction of sp³-hybridized carbons (Fsp3) is 0.273. The van der Waals surface area contributed by atoms with Crippen LogP contribution in [0.15, 0.2) is 41.3 Å². The topological polar surface area (TPSA) is 76.6 Å². The van der Waals surface area contributed by atoms with Gasteiger partial charge in [-0.25, -0.2) is 22.5 Å². The number of halogens is 1. The van der Waals surface area contributed by atoms with Gasteiger partial charge < -0.3 is 4.74 Å². The Balaban J connectivity index is 2.10. The smallest absolute Gasteiger partial charge is 0.338 e. The number of carbonyl (C=O) groups is 1. The number of anilines is 1. The quantitative estimate of drug-likeness (QED) is 0.444. The summed E-state index contributed by atoms with van der Waals surface area (Å²) >= 11 is 7.38. The van der Waals surface area contributed by atoms with Crippen molar-refractivity contribution in [1.82, 2.24) is 4.98 Å². The van der Waals surface area contributed by atoms with Crippen LogP contribution >= 0.6 is 22.9 Å². The molecule has 31 heavy (non-hydrogen) atoms. The first kappa shape index (κ1) is 23.2. The molecule has 0 unspecified atom stereocenters. The van der Waals surface area contributed by atoms with E-state index in [1.807, 2.05) is 19.1 Å². The number of aromatic nitrogens is 1. The molecule has 0 saturated heterocycles. The summed E-state index contributed by atoms with van der Waals surface area (Å²) in [6.45, 7) is 7.31. The largest absolute Gasteiger partial charge is 0.465 e. The molecule has 164 valence electrons. The maximum atomic E-state index is 13.6. The van der Waals surface area contributed by atoms with Crippen LogP contribution < -0.4 is 4.31 Å². The van der Waals surface area contributed by atoms with Gasteiger partial charge in [0.2, 0.25) is 0 Å². The summed E-state index contributed by atoms with van der Waals surface area (Å²) in [5.74, 6) is -0.203. The molecule has 0 bridgehead atoms. The van der Waals surface area contributed by atoms with E-state index < -0.39 is 16.0 Å². The molecule has 0 N–H and O–H groups in total. The molecule has 3 aromatic rings. The zero-order valence-electron chi connectivity index (χ0n) is 17.9. The average molecular weight is 479 g/mol. The van der Waals surface area contributed by atoms with Crippen LogP contribution in [0.4, 0.5) is 5.82 Å². The van der Waals surface area contributed by atoms with E-state index in [0.29, 0.717) is 27.0 Å². The summed E-state index contributed by atoms with van der Waals surface area (Å²) in [6.07, 6.45) is 0. The molecule has 9 heteroatoms. The Kier molecular flexibility index (Phi) is 6.73. The Labute approximate surface area is 191 Å². The summed E-state index contributed by atoms with van der Waals surface area (Å²) in [6, 6.07) is 10.2. The first-order chi connectivity index (χ1) is 14.6. The summed E-state index contributed by atoms with van der Waals surface area (Å²) in [5, 5.41) is 1.32. The van der Waals surface area contributed by atoms with Crippen LogP contribution in [0.25, 0.3) is 10.6 Å². The molecule has 0 aliphatic carbocycles. The van der Waals surface area contributed by atoms with E-state index in [-0.39, 0.29) is 17.0 Å². The lowest BCUT2D eigenvalue weighted by Gasteiger charge is -2.22. The number of sulfonamides is 1. The Hall–Kier alpha value is -2.42. The first-order valence-corrected chi connectivity index (χ1v) is 12.2. The fourth-order valence-electron chi connectivity index (χ4n) is 3.19. The van der Waals surface area contributed by atoms with Crippen molar-refractivity contribution in [2.24, 2.45) is 0 Å². The van der Waals surface area contributed by atoms with E-state index in [1.54, 1.807) is 39.0 Å². The van der Waals surface area contributed by atoms with Crippen molar-refractivity contribution in [3.05, 3.63) is 63.0 Å². The standard InChI is InChI=1S/C22H23ClN2O4S2/c1-6-25(20-15(4)30-21(24-20)16-7-9-17(23)10-8-16)31(27,28)18-11-13(2)14(3)19(12-18)22(26)29-5/h7-12H,6H2,1-5H3. The third-order valence-electron chi connectivity index (χ3n) is 5.02. The molecule has 0 fully saturated rings. The summed E-state index contributed by atoms with van der Waals surface area (Å²) in [7, 11) is -2.69. The van der Waals surface area contributed by atoms with E-state index in [9.17, 15) is 13.2 Å². The van der Waals surface area contributed by atoms with Crippen molar-refractivity contribution in [2.45, 2.75) is 32.6 Å². The van der Waals surface area contributed by atoms with Gasteiger partial charge in [-0.15, -0.1) is 11.3 Å². The molecule has 2 aromatic carbocycles. The molecule has 0 aliphatic rings. The van der Waals surface area contributed by atoms with Crippen LogP contribution in [0.1, 0.15) is 33.3 Å². The maximum absolute atomic E-state index is 13.6. The van der Waals surface area contributed by atoms with Crippen LogP contribution in [0.2, 0.25) is 5.02 Å². The van der Waals surface area contributed by atoms with E-state index in [2.05, 4.69) is 4.98 Å². The van der Waals surface area contributed by atoms with Gasteiger partial charge in [0.15, 0.2) is 5.82 Å². The van der Waals surface area contributed by atoms with Crippen molar-refractivity contribution >= 4 is 44.7 Å². The van der Waals surface area contributed by atoms with Gasteiger partial charge in [0, 0.05) is 22.0 Å². The molecular formula is C22H23ClN2O4S2. The fourth-order valence-corrected chi connectivity index (χ4v) is 5.89. The van der Waals surface area contributed by atoms with Crippen LogP contribution in [0.5, 0.6) is 0 Å². The number of hydrogen-bond donors (Lipinski definition) is 0. The highest BCUT2D eigenvalue weighted by atomic mass is 35.5. The van der Waals surface area contributed by atoms with Crippen LogP contribution in [-0.4, -0.2) is 33.0 Å². The lowest BCUT2D eigenvalue weighted by Crippen LogP contribution is -2.32. The normalized spacial score (nSPS) is 11.4. The number of rotatable bonds is 6. The number of ether oxygens (including phenoxy) is 1. The average Bonchev–Trinajstić information content (AvgIpc) is 3.11. The zero-order valence-corrected chi connectivity index (χ0v) is 20.3. The van der Waals surface area contributed by atoms with Gasteiger partial charge in [-0.1, -0.05) is 23.7 Å². The Morgan fingerprint density at radius 3 is 2.39 bits per heavy atom. The lowest BCUT2D eigenvalue weighted by molar-refractivity contribution is 0.0599. The van der Waals surface area contributed by atoms with Crippen molar-refractivity contribution in [1.29, 1.82) is 0 Å². The number of nitrogens with zero attached hydrogens (tertiary/aromatic N) is 2. The minimum absolute atomic E-state index is 0.0262. The Morgan fingerprint density at radius 1 is 1.16 bits per heavy atom. The van der Waals surface area contributed by atoms with E-state index >= 15 is 0 Å². The Bertz CT molecular complexity index is 1240. The molecule has 1 aromatic heterocycles. The maximum Gasteiger partial charge on any atom is 0.338 e. The van der Waals surface area contributed by atoms with Crippen molar-refractivity contribution in [2.75, 3.05) is 18.0 Å². The number of esters is 1. The molecule has 0 spiro atoms. The second-order valence-corrected chi connectivity index (χ2v) is 10.5. The third kappa shape index (κ3) is 4.46. The summed E-state index contributed by atoms with van der Waals surface area (Å²) < 4.78 is 33.2. The predicted octanol–water partition coefficient (Wildman–Crippen LogP) is 5.39. The molecule has 0 atom stereocenters. The van der Waals surface area contributed by atoms with Crippen molar-refractivity contribution in [3.8, 4) is 10.6 Å². The first-order valence-electron chi connectivity index (χ1n) is 9.55. The van der Waals surface area contributed by atoms with E-state index in [1.165, 1.54) is 28.8 Å². The highest BCUT2D eigenvalue weighted by Gasteiger charge is 2.29.